The van der Waals surface area contributed by atoms with Crippen molar-refractivity contribution in [2.45, 2.75) is 160 Å². The van der Waals surface area contributed by atoms with Crippen LogP contribution in [0.1, 0.15) is 142 Å². The lowest BCUT2D eigenvalue weighted by Crippen LogP contribution is -2.56. The maximum Gasteiger partial charge on any atom is 0.249 e. The molecule has 4 saturated heterocycles. The van der Waals surface area contributed by atoms with E-state index in [-0.39, 0.29) is 48.5 Å². The summed E-state index contributed by atoms with van der Waals surface area (Å²) in [6, 6.07) is -0.524. The highest BCUT2D eigenvalue weighted by atomic mass is 16.3. The van der Waals surface area contributed by atoms with Gasteiger partial charge in [0.25, 0.3) is 0 Å². The number of nitrogens with zero attached hydrogens (tertiary/aromatic N) is 4. The van der Waals surface area contributed by atoms with Crippen LogP contribution in [0.5, 0.6) is 0 Å². The summed E-state index contributed by atoms with van der Waals surface area (Å²) in [5.41, 5.74) is 3.77. The number of imide groups is 2. The second-order valence-corrected chi connectivity index (χ2v) is 19.7. The van der Waals surface area contributed by atoms with Gasteiger partial charge in [-0.3, -0.25) is 34.3 Å². The van der Waals surface area contributed by atoms with Crippen LogP contribution in [0.25, 0.3) is 0 Å². The number of piperazine rings is 1. The first-order chi connectivity index (χ1) is 27.2. The molecular weight excluding hydrogens is 703 g/mol. The molecule has 8 fully saturated rings. The molecule has 0 bridgehead atoms. The summed E-state index contributed by atoms with van der Waals surface area (Å²) < 4.78 is 0. The summed E-state index contributed by atoms with van der Waals surface area (Å²) in [4.78, 5) is 60.0. The first kappa shape index (κ1) is 40.6. The first-order valence-corrected chi connectivity index (χ1v) is 23.6. The zero-order valence-corrected chi connectivity index (χ0v) is 34.6. The molecule has 0 aromatic heterocycles. The van der Waals surface area contributed by atoms with Gasteiger partial charge < -0.3 is 14.9 Å². The van der Waals surface area contributed by atoms with Crippen LogP contribution in [0, 0.1) is 41.4 Å². The van der Waals surface area contributed by atoms with Gasteiger partial charge >= 0.3 is 0 Å². The number of aliphatic hydroxyl groups excluding tert-OH is 1. The van der Waals surface area contributed by atoms with Crippen molar-refractivity contribution in [1.82, 2.24) is 24.9 Å². The number of nitrogens with one attached hydrogen (secondary N) is 1. The van der Waals surface area contributed by atoms with E-state index in [4.69, 9.17) is 0 Å². The Morgan fingerprint density at radius 2 is 1.38 bits per heavy atom. The van der Waals surface area contributed by atoms with Crippen molar-refractivity contribution in [3.05, 3.63) is 11.1 Å². The number of hydrogen-bond donors (Lipinski definition) is 2. The third kappa shape index (κ3) is 9.03. The molecule has 10 nitrogen and oxygen atoms in total. The van der Waals surface area contributed by atoms with Crippen LogP contribution in [-0.2, 0) is 19.2 Å². The van der Waals surface area contributed by atoms with Crippen molar-refractivity contribution < 1.29 is 24.3 Å². The van der Waals surface area contributed by atoms with Crippen LogP contribution < -0.4 is 5.32 Å². The van der Waals surface area contributed by atoms with Crippen LogP contribution in [0.4, 0.5) is 0 Å². The largest absolute Gasteiger partial charge is 0.393 e. The number of rotatable bonds is 12. The number of aliphatic hydroxyl groups is 1. The molecular formula is C46H73N5O5. The van der Waals surface area contributed by atoms with Gasteiger partial charge in [-0.25, -0.2) is 0 Å². The smallest absolute Gasteiger partial charge is 0.249 e. The predicted octanol–water partition coefficient (Wildman–Crippen LogP) is 5.92. The Morgan fingerprint density at radius 1 is 0.696 bits per heavy atom. The average molecular weight is 776 g/mol. The highest BCUT2D eigenvalue weighted by Crippen LogP contribution is 2.47. The maximum absolute atomic E-state index is 13.5. The van der Waals surface area contributed by atoms with E-state index in [0.29, 0.717) is 18.9 Å². The minimum Gasteiger partial charge on any atom is -0.393 e. The van der Waals surface area contributed by atoms with E-state index in [1.807, 2.05) is 11.1 Å². The number of amides is 4. The lowest BCUT2D eigenvalue weighted by molar-refractivity contribution is -0.151. The summed E-state index contributed by atoms with van der Waals surface area (Å²) in [6.45, 7) is 11.5. The van der Waals surface area contributed by atoms with E-state index < -0.39 is 11.9 Å². The average Bonchev–Trinajstić information content (AvgIpc) is 3.45. The molecule has 4 aliphatic carbocycles. The quantitative estimate of drug-likeness (QED) is 0.186. The normalized spacial score (nSPS) is 36.6. The fraction of sp³-hybridized carbons (Fsp3) is 0.870. The molecule has 10 heteroatoms. The van der Waals surface area contributed by atoms with Gasteiger partial charge in [0.1, 0.15) is 6.04 Å². The van der Waals surface area contributed by atoms with E-state index in [2.05, 4.69) is 26.9 Å². The van der Waals surface area contributed by atoms with E-state index >= 15 is 0 Å². The lowest BCUT2D eigenvalue weighted by atomic mass is 9.66. The molecule has 0 radical (unpaired) electrons. The summed E-state index contributed by atoms with van der Waals surface area (Å²) in [5.74, 6) is 2.16. The summed E-state index contributed by atoms with van der Waals surface area (Å²) >= 11 is 0. The van der Waals surface area contributed by atoms with Gasteiger partial charge in [-0.05, 0) is 145 Å². The van der Waals surface area contributed by atoms with Crippen LogP contribution in [-0.4, -0.2) is 119 Å². The Kier molecular flexibility index (Phi) is 13.4. The summed E-state index contributed by atoms with van der Waals surface area (Å²) in [5, 5.41) is 12.6. The van der Waals surface area contributed by atoms with Gasteiger partial charge in [0.15, 0.2) is 0 Å². The van der Waals surface area contributed by atoms with E-state index in [0.717, 1.165) is 75.0 Å². The summed E-state index contributed by atoms with van der Waals surface area (Å²) in [6.07, 6.45) is 23.8. The number of carbonyl (C=O) groups is 4. The summed E-state index contributed by atoms with van der Waals surface area (Å²) in [7, 11) is 0. The maximum atomic E-state index is 13.5. The molecule has 2 N–H and O–H groups in total. The third-order valence-electron chi connectivity index (χ3n) is 16.3. The molecule has 8 rings (SSSR count). The molecule has 0 aromatic carbocycles. The molecule has 56 heavy (non-hydrogen) atoms. The first-order valence-electron chi connectivity index (χ1n) is 23.6. The number of likely N-dealkylation sites (tertiary alicyclic amines) is 2. The Morgan fingerprint density at radius 3 is 2.05 bits per heavy atom. The molecule has 4 amide bonds. The Labute approximate surface area is 336 Å². The van der Waals surface area contributed by atoms with E-state index in [1.54, 1.807) is 0 Å². The molecule has 4 heterocycles. The number of fused-ring (bicyclic) bond motifs is 1. The van der Waals surface area contributed by atoms with Crippen LogP contribution in [0.15, 0.2) is 11.1 Å². The fourth-order valence-corrected chi connectivity index (χ4v) is 13.2. The Bertz CT molecular complexity index is 1430. The van der Waals surface area contributed by atoms with Crippen molar-refractivity contribution in [3.63, 3.8) is 0 Å². The topological polar surface area (TPSA) is 114 Å². The lowest BCUT2D eigenvalue weighted by Gasteiger charge is -2.46. The van der Waals surface area contributed by atoms with Crippen molar-refractivity contribution >= 4 is 23.6 Å². The highest BCUT2D eigenvalue weighted by molar-refractivity contribution is 6.10. The molecule has 4 unspecified atom stereocenters. The SMILES string of the molecule is CC/C(=C(\C1CCC(O)CC1)C1CCC(CCCN2CC(CN3CCN(C4CCC5C(=O)N(C6CCC(=O)NC6=O)C(=O)C5C4)CC3)C2)CC1)C1CCCCC1. The van der Waals surface area contributed by atoms with Crippen molar-refractivity contribution in [2.24, 2.45) is 41.4 Å². The zero-order valence-electron chi connectivity index (χ0n) is 34.6. The van der Waals surface area contributed by atoms with Crippen LogP contribution >= 0.6 is 0 Å². The number of hydrogen-bond acceptors (Lipinski definition) is 8. The van der Waals surface area contributed by atoms with Crippen LogP contribution in [0.2, 0.25) is 0 Å². The van der Waals surface area contributed by atoms with Gasteiger partial charge in [-0.1, -0.05) is 37.3 Å². The van der Waals surface area contributed by atoms with Crippen LogP contribution in [0.3, 0.4) is 0 Å². The zero-order chi connectivity index (χ0) is 38.8. The van der Waals surface area contributed by atoms with Crippen molar-refractivity contribution in [2.75, 3.05) is 52.4 Å². The second kappa shape index (κ2) is 18.4. The minimum atomic E-state index is -0.835. The number of piperidine rings is 1. The van der Waals surface area contributed by atoms with Gasteiger partial charge in [0.05, 0.1) is 17.9 Å². The fourth-order valence-electron chi connectivity index (χ4n) is 13.2. The standard InChI is InChI=1S/C46H73N5O5/c1-2-38(33-8-4-3-5-9-33)43(35-14-17-37(52)18-15-35)34-12-10-31(11-13-34)7-6-22-49-29-32(30-49)28-48-23-25-50(26-24-48)36-16-19-39-40(27-36)46(56)51(45(39)55)41-20-21-42(53)47-44(41)54/h31-37,39-41,52H,2-30H2,1H3,(H,47,53,54)/b43-38+. The molecule has 0 aromatic rings. The van der Waals surface area contributed by atoms with Gasteiger partial charge in [-0.15, -0.1) is 0 Å². The van der Waals surface area contributed by atoms with E-state index in [1.165, 1.54) is 121 Å². The Balaban J connectivity index is 0.722. The monoisotopic (exact) mass is 776 g/mol. The molecule has 4 aliphatic heterocycles. The van der Waals surface area contributed by atoms with Crippen molar-refractivity contribution in [1.29, 1.82) is 0 Å². The van der Waals surface area contributed by atoms with E-state index in [9.17, 15) is 24.3 Å². The minimum absolute atomic E-state index is 0.0665. The molecule has 4 atom stereocenters. The molecule has 4 saturated carbocycles. The van der Waals surface area contributed by atoms with Crippen molar-refractivity contribution in [3.8, 4) is 0 Å². The van der Waals surface area contributed by atoms with Gasteiger partial charge in [-0.2, -0.15) is 0 Å². The predicted molar refractivity (Wildman–Crippen MR) is 217 cm³/mol. The number of allylic oxidation sites excluding steroid dienone is 2. The molecule has 312 valence electrons. The molecule has 0 spiro atoms. The molecule has 8 aliphatic rings. The Hall–Kier alpha value is -2.14. The van der Waals surface area contributed by atoms with Gasteiger partial charge in [0.2, 0.25) is 23.6 Å². The number of carbonyl (C=O) groups excluding carboxylic acids is 4. The second-order valence-electron chi connectivity index (χ2n) is 19.7. The highest BCUT2D eigenvalue weighted by Gasteiger charge is 2.54. The van der Waals surface area contributed by atoms with Gasteiger partial charge in [0, 0.05) is 58.3 Å². The third-order valence-corrected chi connectivity index (χ3v) is 16.3.